The van der Waals surface area contributed by atoms with E-state index in [-0.39, 0.29) is 24.9 Å². The summed E-state index contributed by atoms with van der Waals surface area (Å²) >= 11 is 0. The molecule has 2 rings (SSSR count). The maximum absolute atomic E-state index is 12.7. The maximum Gasteiger partial charge on any atom is 0.341 e. The van der Waals surface area contributed by atoms with Crippen molar-refractivity contribution < 1.29 is 27.5 Å². The highest BCUT2D eigenvalue weighted by molar-refractivity contribution is 7.92. The number of carbonyl (C=O) groups is 2. The summed E-state index contributed by atoms with van der Waals surface area (Å²) in [6, 6.07) is 4.85. The third kappa shape index (κ3) is 3.99. The predicted molar refractivity (Wildman–Crippen MR) is 95.9 cm³/mol. The van der Waals surface area contributed by atoms with Gasteiger partial charge in [0.15, 0.2) is 14.6 Å². The van der Waals surface area contributed by atoms with Crippen molar-refractivity contribution in [1.29, 1.82) is 0 Å². The Bertz CT molecular complexity index is 784. The SMILES string of the molecule is COC(=O)c1cc(CNC(=O)C2(S(C)(=O)=O)CCNCC2)ccc1OC. The van der Waals surface area contributed by atoms with Gasteiger partial charge in [0.25, 0.3) is 0 Å². The van der Waals surface area contributed by atoms with E-state index >= 15 is 0 Å². The Labute approximate surface area is 153 Å². The first-order valence-electron chi connectivity index (χ1n) is 8.19. The van der Waals surface area contributed by atoms with E-state index in [1.807, 2.05) is 0 Å². The molecule has 0 spiro atoms. The number of methoxy groups -OCH3 is 2. The van der Waals surface area contributed by atoms with Gasteiger partial charge in [-0.3, -0.25) is 4.79 Å². The third-order valence-corrected chi connectivity index (χ3v) is 6.67. The Hall–Kier alpha value is -2.13. The number of sulfone groups is 1. The van der Waals surface area contributed by atoms with Crippen molar-refractivity contribution in [2.24, 2.45) is 0 Å². The lowest BCUT2D eigenvalue weighted by Gasteiger charge is -2.34. The highest BCUT2D eigenvalue weighted by Gasteiger charge is 2.48. The van der Waals surface area contributed by atoms with Crippen molar-refractivity contribution in [2.45, 2.75) is 24.1 Å². The molecule has 0 saturated carbocycles. The Kier molecular flexibility index (Phi) is 6.25. The number of ether oxygens (including phenoxy) is 2. The Morgan fingerprint density at radius 2 is 1.88 bits per heavy atom. The lowest BCUT2D eigenvalue weighted by atomic mass is 9.95. The van der Waals surface area contributed by atoms with E-state index in [0.717, 1.165) is 6.26 Å². The van der Waals surface area contributed by atoms with Crippen LogP contribution in [0.2, 0.25) is 0 Å². The van der Waals surface area contributed by atoms with Gasteiger partial charge in [-0.05, 0) is 43.6 Å². The van der Waals surface area contributed by atoms with E-state index in [2.05, 4.69) is 10.6 Å². The molecule has 0 unspecified atom stereocenters. The molecule has 2 N–H and O–H groups in total. The molecule has 144 valence electrons. The number of esters is 1. The second-order valence-electron chi connectivity index (χ2n) is 6.23. The van der Waals surface area contributed by atoms with Crippen molar-refractivity contribution in [3.8, 4) is 5.75 Å². The highest BCUT2D eigenvalue weighted by Crippen LogP contribution is 2.28. The number of carbonyl (C=O) groups excluding carboxylic acids is 2. The number of amides is 1. The number of rotatable bonds is 6. The van der Waals surface area contributed by atoms with Gasteiger partial charge in [-0.2, -0.15) is 0 Å². The van der Waals surface area contributed by atoms with Crippen LogP contribution in [0.4, 0.5) is 0 Å². The molecule has 8 nitrogen and oxygen atoms in total. The van der Waals surface area contributed by atoms with Crippen molar-refractivity contribution in [2.75, 3.05) is 33.6 Å². The second kappa shape index (κ2) is 8.05. The fraction of sp³-hybridized carbons (Fsp3) is 0.529. The molecule has 1 amide bonds. The molecular weight excluding hydrogens is 360 g/mol. The van der Waals surface area contributed by atoms with Gasteiger partial charge in [0.1, 0.15) is 11.3 Å². The second-order valence-corrected chi connectivity index (χ2v) is 8.55. The first-order chi connectivity index (χ1) is 12.2. The van der Waals surface area contributed by atoms with E-state index in [1.54, 1.807) is 18.2 Å². The van der Waals surface area contributed by atoms with E-state index in [4.69, 9.17) is 9.47 Å². The zero-order chi connectivity index (χ0) is 19.4. The summed E-state index contributed by atoms with van der Waals surface area (Å²) < 4.78 is 33.0. The van der Waals surface area contributed by atoms with Gasteiger partial charge in [-0.25, -0.2) is 13.2 Å². The number of piperidine rings is 1. The number of hydrogen-bond donors (Lipinski definition) is 2. The highest BCUT2D eigenvalue weighted by atomic mass is 32.2. The lowest BCUT2D eigenvalue weighted by Crippen LogP contribution is -2.57. The van der Waals surface area contributed by atoms with Crippen LogP contribution in [-0.4, -0.2) is 58.6 Å². The van der Waals surface area contributed by atoms with Crippen LogP contribution in [-0.2, 0) is 25.9 Å². The standard InChI is InChI=1S/C17H24N2O6S/c1-24-14-5-4-12(10-13(14)15(20)25-2)11-19-16(21)17(26(3,22)23)6-8-18-9-7-17/h4-5,10,18H,6-9,11H2,1-3H3,(H,19,21). The normalized spacial score (nSPS) is 16.6. The van der Waals surface area contributed by atoms with Crippen LogP contribution in [0.25, 0.3) is 0 Å². The molecule has 1 saturated heterocycles. The van der Waals surface area contributed by atoms with Crippen LogP contribution in [0.3, 0.4) is 0 Å². The molecule has 0 aliphatic carbocycles. The summed E-state index contributed by atoms with van der Waals surface area (Å²) in [4.78, 5) is 24.5. The van der Waals surface area contributed by atoms with Crippen LogP contribution in [0, 0.1) is 0 Å². The first-order valence-corrected chi connectivity index (χ1v) is 10.1. The average Bonchev–Trinajstić information content (AvgIpc) is 2.64. The van der Waals surface area contributed by atoms with Crippen LogP contribution >= 0.6 is 0 Å². The molecule has 1 fully saturated rings. The van der Waals surface area contributed by atoms with Crippen LogP contribution in [0.1, 0.15) is 28.8 Å². The minimum absolute atomic E-state index is 0.0948. The molecule has 0 aromatic heterocycles. The topological polar surface area (TPSA) is 111 Å². The van der Waals surface area contributed by atoms with Gasteiger partial charge < -0.3 is 20.1 Å². The summed E-state index contributed by atoms with van der Waals surface area (Å²) in [6.45, 7) is 1.03. The van der Waals surface area contributed by atoms with Gasteiger partial charge >= 0.3 is 5.97 Å². The van der Waals surface area contributed by atoms with Crippen LogP contribution in [0.5, 0.6) is 5.75 Å². The van der Waals surface area contributed by atoms with E-state index in [1.165, 1.54) is 14.2 Å². The molecule has 1 aliphatic heterocycles. The Balaban J connectivity index is 2.19. The van der Waals surface area contributed by atoms with Crippen molar-refractivity contribution in [3.63, 3.8) is 0 Å². The first kappa shape index (κ1) is 20.2. The van der Waals surface area contributed by atoms with E-state index in [9.17, 15) is 18.0 Å². The minimum Gasteiger partial charge on any atom is -0.496 e. The third-order valence-electron chi connectivity index (χ3n) is 4.66. The molecule has 1 aromatic rings. The van der Waals surface area contributed by atoms with Crippen molar-refractivity contribution >= 4 is 21.7 Å². The average molecular weight is 384 g/mol. The fourth-order valence-electron chi connectivity index (χ4n) is 3.07. The van der Waals surface area contributed by atoms with Crippen LogP contribution in [0.15, 0.2) is 18.2 Å². The Morgan fingerprint density at radius 1 is 1.23 bits per heavy atom. The monoisotopic (exact) mass is 384 g/mol. The maximum atomic E-state index is 12.7. The summed E-state index contributed by atoms with van der Waals surface area (Å²) in [5.41, 5.74) is 0.874. The molecule has 1 aliphatic rings. The Morgan fingerprint density at radius 3 is 2.42 bits per heavy atom. The fourth-order valence-corrected chi connectivity index (χ4v) is 4.43. The van der Waals surface area contributed by atoms with Gasteiger partial charge in [-0.1, -0.05) is 6.07 Å². The molecule has 0 atom stereocenters. The van der Waals surface area contributed by atoms with E-state index < -0.39 is 26.5 Å². The molecule has 9 heteroatoms. The quantitative estimate of drug-likeness (QED) is 0.677. The van der Waals surface area contributed by atoms with Gasteiger partial charge in [-0.15, -0.1) is 0 Å². The molecule has 26 heavy (non-hydrogen) atoms. The van der Waals surface area contributed by atoms with Crippen LogP contribution < -0.4 is 15.4 Å². The summed E-state index contributed by atoms with van der Waals surface area (Å²) in [7, 11) is -0.866. The number of nitrogens with one attached hydrogen (secondary N) is 2. The smallest absolute Gasteiger partial charge is 0.341 e. The summed E-state index contributed by atoms with van der Waals surface area (Å²) in [5.74, 6) is -0.712. The van der Waals surface area contributed by atoms with Crippen molar-refractivity contribution in [3.05, 3.63) is 29.3 Å². The molecule has 1 heterocycles. The number of hydrogen-bond acceptors (Lipinski definition) is 7. The minimum atomic E-state index is -3.57. The summed E-state index contributed by atoms with van der Waals surface area (Å²) in [5, 5.41) is 5.77. The molecular formula is C17H24N2O6S. The van der Waals surface area contributed by atoms with Gasteiger partial charge in [0.2, 0.25) is 5.91 Å². The largest absolute Gasteiger partial charge is 0.496 e. The lowest BCUT2D eigenvalue weighted by molar-refractivity contribution is -0.124. The zero-order valence-corrected chi connectivity index (χ0v) is 15.9. The van der Waals surface area contributed by atoms with Crippen molar-refractivity contribution in [1.82, 2.24) is 10.6 Å². The van der Waals surface area contributed by atoms with E-state index in [0.29, 0.717) is 24.4 Å². The predicted octanol–water partition coefficient (Wildman–Crippen LogP) is 0.265. The number of benzene rings is 1. The molecule has 1 aromatic carbocycles. The molecule has 0 bridgehead atoms. The zero-order valence-electron chi connectivity index (χ0n) is 15.1. The van der Waals surface area contributed by atoms with Gasteiger partial charge in [0, 0.05) is 12.8 Å². The molecule has 0 radical (unpaired) electrons. The summed E-state index contributed by atoms with van der Waals surface area (Å²) in [6.07, 6.45) is 1.56. The van der Waals surface area contributed by atoms with Gasteiger partial charge in [0.05, 0.1) is 14.2 Å².